The summed E-state index contributed by atoms with van der Waals surface area (Å²) in [7, 11) is 0. The van der Waals surface area contributed by atoms with Gasteiger partial charge in [0.05, 0.1) is 24.7 Å². The van der Waals surface area contributed by atoms with Crippen molar-refractivity contribution in [3.63, 3.8) is 0 Å². The van der Waals surface area contributed by atoms with Crippen LogP contribution in [-0.2, 0) is 11.3 Å². The maximum atomic E-state index is 13.4. The van der Waals surface area contributed by atoms with Gasteiger partial charge in [0.2, 0.25) is 5.91 Å². The summed E-state index contributed by atoms with van der Waals surface area (Å²) >= 11 is 0. The Kier molecular flexibility index (Phi) is 7.95. The molecule has 6 rings (SSSR count). The Balaban J connectivity index is 1.06. The molecule has 0 radical (unpaired) electrons. The molecule has 9 nitrogen and oxygen atoms in total. The highest BCUT2D eigenvalue weighted by atomic mass is 16.5. The van der Waals surface area contributed by atoms with E-state index in [1.165, 1.54) is 25.7 Å². The summed E-state index contributed by atoms with van der Waals surface area (Å²) in [5.74, 6) is 4.03. The lowest BCUT2D eigenvalue weighted by Crippen LogP contribution is -2.51. The van der Waals surface area contributed by atoms with Gasteiger partial charge in [0.1, 0.15) is 17.9 Å². The lowest BCUT2D eigenvalue weighted by molar-refractivity contribution is -0.137. The minimum Gasteiger partial charge on any atom is -0.494 e. The largest absolute Gasteiger partial charge is 0.494 e. The van der Waals surface area contributed by atoms with E-state index in [1.54, 1.807) is 6.33 Å². The third kappa shape index (κ3) is 5.73. The number of benzene rings is 1. The van der Waals surface area contributed by atoms with E-state index in [2.05, 4.69) is 42.3 Å². The van der Waals surface area contributed by atoms with Crippen molar-refractivity contribution in [3.05, 3.63) is 42.4 Å². The Morgan fingerprint density at radius 2 is 1.77 bits per heavy atom. The van der Waals surface area contributed by atoms with Crippen LogP contribution in [0.2, 0.25) is 0 Å². The zero-order valence-electron chi connectivity index (χ0n) is 23.1. The van der Waals surface area contributed by atoms with E-state index < -0.39 is 0 Å². The summed E-state index contributed by atoms with van der Waals surface area (Å²) in [5, 5.41) is 9.08. The van der Waals surface area contributed by atoms with Gasteiger partial charge in [-0.05, 0) is 88.1 Å². The Labute approximate surface area is 230 Å². The van der Waals surface area contributed by atoms with Gasteiger partial charge in [0.25, 0.3) is 0 Å². The number of hydrogen-bond donors (Lipinski definition) is 1. The number of hydrogen-bond acceptors (Lipinski definition) is 7. The first kappa shape index (κ1) is 26.0. The predicted octanol–water partition coefficient (Wildman–Crippen LogP) is 3.73. The number of carbonyl (C=O) groups is 1. The quantitative estimate of drug-likeness (QED) is 0.497. The number of rotatable bonds is 7. The zero-order chi connectivity index (χ0) is 26.6. The Bertz CT molecular complexity index is 1260. The van der Waals surface area contributed by atoms with Gasteiger partial charge < -0.3 is 19.9 Å². The van der Waals surface area contributed by atoms with Crippen molar-refractivity contribution in [1.82, 2.24) is 30.0 Å². The smallest absolute Gasteiger partial charge is 0.225 e. The normalized spacial score (nSPS) is 22.8. The Hall–Kier alpha value is -3.20. The molecular formula is C30H41N7O2. The van der Waals surface area contributed by atoms with Crippen molar-refractivity contribution in [3.8, 4) is 5.75 Å². The van der Waals surface area contributed by atoms with Crippen LogP contribution in [0.5, 0.6) is 5.75 Å². The van der Waals surface area contributed by atoms with Gasteiger partial charge in [-0.2, -0.15) is 5.10 Å². The molecule has 0 unspecified atom stereocenters. The molecule has 1 aromatic carbocycles. The minimum atomic E-state index is 0.208. The molecule has 0 bridgehead atoms. The maximum Gasteiger partial charge on any atom is 0.225 e. The summed E-state index contributed by atoms with van der Waals surface area (Å²) in [6.07, 6.45) is 10.7. The van der Waals surface area contributed by atoms with Crippen molar-refractivity contribution >= 4 is 22.8 Å². The van der Waals surface area contributed by atoms with Crippen LogP contribution in [0.1, 0.15) is 51.0 Å². The number of aromatic nitrogens is 4. The van der Waals surface area contributed by atoms with E-state index in [-0.39, 0.29) is 5.92 Å². The van der Waals surface area contributed by atoms with Crippen LogP contribution in [0.25, 0.3) is 11.0 Å². The monoisotopic (exact) mass is 531 g/mol. The molecule has 1 N–H and O–H groups in total. The molecule has 208 valence electrons. The fourth-order valence-electron chi connectivity index (χ4n) is 6.87. The van der Waals surface area contributed by atoms with Crippen LogP contribution in [0, 0.1) is 17.8 Å². The van der Waals surface area contributed by atoms with Crippen molar-refractivity contribution < 1.29 is 9.53 Å². The number of nitrogens with one attached hydrogen (secondary N) is 1. The second kappa shape index (κ2) is 11.9. The molecule has 1 aliphatic carbocycles. The van der Waals surface area contributed by atoms with E-state index in [0.29, 0.717) is 19.1 Å². The molecule has 2 aromatic heterocycles. The van der Waals surface area contributed by atoms with E-state index in [9.17, 15) is 4.79 Å². The number of nitrogens with zero attached hydrogens (tertiary/aromatic N) is 6. The van der Waals surface area contributed by atoms with Crippen LogP contribution < -0.4 is 15.0 Å². The van der Waals surface area contributed by atoms with Gasteiger partial charge in [0.15, 0.2) is 5.65 Å². The first-order valence-corrected chi connectivity index (χ1v) is 14.8. The molecule has 3 aliphatic rings. The molecule has 1 amide bonds. The average molecular weight is 532 g/mol. The Morgan fingerprint density at radius 3 is 2.54 bits per heavy atom. The molecule has 2 aliphatic heterocycles. The van der Waals surface area contributed by atoms with Gasteiger partial charge in [0, 0.05) is 32.1 Å². The van der Waals surface area contributed by atoms with E-state index >= 15 is 0 Å². The maximum absolute atomic E-state index is 13.4. The van der Waals surface area contributed by atoms with Crippen LogP contribution in [-0.4, -0.2) is 76.4 Å². The molecule has 39 heavy (non-hydrogen) atoms. The van der Waals surface area contributed by atoms with Crippen molar-refractivity contribution in [2.75, 3.05) is 50.8 Å². The number of fused-ring (bicyclic) bond motifs is 1. The van der Waals surface area contributed by atoms with Crippen molar-refractivity contribution in [1.29, 1.82) is 0 Å². The summed E-state index contributed by atoms with van der Waals surface area (Å²) in [6, 6.07) is 8.11. The van der Waals surface area contributed by atoms with E-state index in [1.807, 2.05) is 29.9 Å². The van der Waals surface area contributed by atoms with E-state index in [0.717, 1.165) is 92.1 Å². The molecule has 3 aromatic rings. The number of carbonyl (C=O) groups excluding carboxylic acids is 1. The minimum absolute atomic E-state index is 0.208. The van der Waals surface area contributed by atoms with Crippen LogP contribution in [0.3, 0.4) is 0 Å². The van der Waals surface area contributed by atoms with Gasteiger partial charge in [-0.15, -0.1) is 0 Å². The molecule has 4 heterocycles. The summed E-state index contributed by atoms with van der Waals surface area (Å²) in [5.41, 5.74) is 1.94. The molecule has 0 atom stereocenters. The van der Waals surface area contributed by atoms with Gasteiger partial charge in [-0.25, -0.2) is 14.6 Å². The third-order valence-electron chi connectivity index (χ3n) is 9.02. The summed E-state index contributed by atoms with van der Waals surface area (Å²) in [6.45, 7) is 8.63. The third-order valence-corrected chi connectivity index (χ3v) is 9.02. The lowest BCUT2D eigenvalue weighted by atomic mass is 9.72. The lowest BCUT2D eigenvalue weighted by Gasteiger charge is -2.40. The van der Waals surface area contributed by atoms with Crippen molar-refractivity contribution in [2.45, 2.75) is 52.0 Å². The number of amides is 1. The fraction of sp³-hybridized carbons (Fsp3) is 0.600. The highest BCUT2D eigenvalue weighted by molar-refractivity contribution is 5.87. The van der Waals surface area contributed by atoms with E-state index in [4.69, 9.17) is 4.74 Å². The van der Waals surface area contributed by atoms with Gasteiger partial charge >= 0.3 is 0 Å². The van der Waals surface area contributed by atoms with Gasteiger partial charge in [-0.3, -0.25) is 4.79 Å². The molecule has 1 saturated carbocycles. The highest BCUT2D eigenvalue weighted by Gasteiger charge is 2.34. The Morgan fingerprint density at radius 1 is 1.00 bits per heavy atom. The molecule has 3 fully saturated rings. The first-order valence-electron chi connectivity index (χ1n) is 14.8. The number of piperidine rings is 1. The molecule has 9 heteroatoms. The van der Waals surface area contributed by atoms with Crippen molar-refractivity contribution in [2.24, 2.45) is 17.8 Å². The predicted molar refractivity (Wildman–Crippen MR) is 152 cm³/mol. The summed E-state index contributed by atoms with van der Waals surface area (Å²) in [4.78, 5) is 27.0. The SMILES string of the molecule is CCOc1cccc(Cn2ncc3c(N4CCN(C(=O)C5CCC(C6CCNCC6)CC5)CC4)ncnc32)c1. The molecular weight excluding hydrogens is 490 g/mol. The number of anilines is 1. The van der Waals surface area contributed by atoms with Crippen LogP contribution in [0.15, 0.2) is 36.8 Å². The fourth-order valence-corrected chi connectivity index (χ4v) is 6.87. The summed E-state index contributed by atoms with van der Waals surface area (Å²) < 4.78 is 7.58. The molecule has 2 saturated heterocycles. The van der Waals surface area contributed by atoms with Gasteiger partial charge in [-0.1, -0.05) is 12.1 Å². The second-order valence-electron chi connectivity index (χ2n) is 11.3. The van der Waals surface area contributed by atoms with Crippen LogP contribution >= 0.6 is 0 Å². The standard InChI is InChI=1S/C30H41N7O2/c1-2-39-26-5-3-4-22(18-26)20-37-29-27(19-34-37)28(32-21-33-29)35-14-16-36(17-15-35)30(38)25-8-6-23(7-9-25)24-10-12-31-13-11-24/h3-5,18-19,21,23-25,31H,2,6-17,20H2,1H3. The van der Waals surface area contributed by atoms with Crippen LogP contribution in [0.4, 0.5) is 5.82 Å². The zero-order valence-corrected chi connectivity index (χ0v) is 23.1. The first-order chi connectivity index (χ1) is 19.2. The highest BCUT2D eigenvalue weighted by Crippen LogP contribution is 2.37. The topological polar surface area (TPSA) is 88.4 Å². The molecule has 0 spiro atoms. The number of piperazine rings is 1. The average Bonchev–Trinajstić information content (AvgIpc) is 3.40. The number of ether oxygens (including phenoxy) is 1. The second-order valence-corrected chi connectivity index (χ2v) is 11.3.